The molecule has 0 aliphatic rings. The first-order chi connectivity index (χ1) is 16.8. The zero-order chi connectivity index (χ0) is 24.8. The first-order valence-electron chi connectivity index (χ1n) is 11.4. The van der Waals surface area contributed by atoms with Crippen molar-refractivity contribution < 1.29 is 62.4 Å². The fraction of sp³-hybridized carbons (Fsp3) is 0.952. The van der Waals surface area contributed by atoms with E-state index in [1.807, 2.05) is 0 Å². The van der Waals surface area contributed by atoms with E-state index in [2.05, 4.69) is 4.74 Å². The molecule has 0 saturated heterocycles. The van der Waals surface area contributed by atoms with Crippen molar-refractivity contribution in [3.63, 3.8) is 0 Å². The Morgan fingerprint density at radius 3 is 0.794 bits per heavy atom. The average molecular weight is 503 g/mol. The Balaban J connectivity index is 3.01. The summed E-state index contributed by atoms with van der Waals surface area (Å²) in [7, 11) is 0. The van der Waals surface area contributed by atoms with Gasteiger partial charge in [0.15, 0.2) is 0 Å². The summed E-state index contributed by atoms with van der Waals surface area (Å²) in [6, 6.07) is 0. The van der Waals surface area contributed by atoms with Crippen LogP contribution in [0.5, 0.6) is 0 Å². The molecule has 13 heteroatoms. The SMILES string of the molecule is O=C(O)OCCOCCOCCOCCOCCOCCOCCOCCOCCOCCO. The largest absolute Gasteiger partial charge is 0.505 e. The van der Waals surface area contributed by atoms with Crippen LogP contribution in [0.2, 0.25) is 0 Å². The summed E-state index contributed by atoms with van der Waals surface area (Å²) in [5.41, 5.74) is 0. The van der Waals surface area contributed by atoms with Gasteiger partial charge < -0.3 is 57.6 Å². The maximum atomic E-state index is 10.1. The zero-order valence-corrected chi connectivity index (χ0v) is 20.0. The lowest BCUT2D eigenvalue weighted by Crippen LogP contribution is -2.15. The summed E-state index contributed by atoms with van der Waals surface area (Å²) in [5.74, 6) is 0. The van der Waals surface area contributed by atoms with Crippen LogP contribution in [0.1, 0.15) is 0 Å². The van der Waals surface area contributed by atoms with Crippen molar-refractivity contribution in [3.8, 4) is 0 Å². The number of aliphatic hydroxyl groups is 1. The molecular weight excluding hydrogens is 460 g/mol. The first-order valence-corrected chi connectivity index (χ1v) is 11.4. The van der Waals surface area contributed by atoms with E-state index in [9.17, 15) is 4.79 Å². The van der Waals surface area contributed by atoms with Crippen LogP contribution >= 0.6 is 0 Å². The van der Waals surface area contributed by atoms with E-state index in [-0.39, 0.29) is 19.8 Å². The molecule has 0 aromatic carbocycles. The van der Waals surface area contributed by atoms with Crippen LogP contribution in [-0.4, -0.2) is 149 Å². The molecule has 34 heavy (non-hydrogen) atoms. The van der Waals surface area contributed by atoms with Crippen LogP contribution < -0.4 is 0 Å². The normalized spacial score (nSPS) is 11.2. The molecule has 204 valence electrons. The average Bonchev–Trinajstić information content (AvgIpc) is 2.83. The van der Waals surface area contributed by atoms with Gasteiger partial charge >= 0.3 is 6.16 Å². The molecule has 2 N–H and O–H groups in total. The molecule has 0 atom stereocenters. The highest BCUT2D eigenvalue weighted by atomic mass is 16.7. The van der Waals surface area contributed by atoms with Crippen molar-refractivity contribution in [1.82, 2.24) is 0 Å². The Morgan fingerprint density at radius 1 is 0.382 bits per heavy atom. The van der Waals surface area contributed by atoms with Gasteiger partial charge in [0.25, 0.3) is 0 Å². The molecule has 0 saturated carbocycles. The van der Waals surface area contributed by atoms with Crippen LogP contribution in [0.15, 0.2) is 0 Å². The highest BCUT2D eigenvalue weighted by molar-refractivity contribution is 5.56. The van der Waals surface area contributed by atoms with Crippen LogP contribution in [-0.2, 0) is 47.4 Å². The molecule has 0 spiro atoms. The van der Waals surface area contributed by atoms with Gasteiger partial charge in [0.2, 0.25) is 0 Å². The Kier molecular flexibility index (Phi) is 28.9. The minimum atomic E-state index is -1.31. The van der Waals surface area contributed by atoms with Gasteiger partial charge in [-0.2, -0.15) is 0 Å². The maximum Gasteiger partial charge on any atom is 0.505 e. The number of hydrogen-bond donors (Lipinski definition) is 2. The molecule has 0 amide bonds. The van der Waals surface area contributed by atoms with Crippen LogP contribution in [0.3, 0.4) is 0 Å². The summed E-state index contributed by atoms with van der Waals surface area (Å²) >= 11 is 0. The molecule has 0 aliphatic carbocycles. The predicted molar refractivity (Wildman–Crippen MR) is 118 cm³/mol. The molecule has 0 fully saturated rings. The topological polar surface area (TPSA) is 150 Å². The third kappa shape index (κ3) is 30.9. The quantitative estimate of drug-likeness (QED) is 0.103. The van der Waals surface area contributed by atoms with Gasteiger partial charge in [-0.05, 0) is 0 Å². The van der Waals surface area contributed by atoms with Crippen molar-refractivity contribution >= 4 is 6.16 Å². The number of aliphatic hydroxyl groups excluding tert-OH is 1. The number of carboxylic acid groups (broad SMARTS) is 1. The molecule has 13 nitrogen and oxygen atoms in total. The molecule has 0 aromatic rings. The number of rotatable bonds is 29. The number of carbonyl (C=O) groups is 1. The maximum absolute atomic E-state index is 10.1. The third-order valence-corrected chi connectivity index (χ3v) is 3.66. The molecule has 0 aromatic heterocycles. The fourth-order valence-corrected chi connectivity index (χ4v) is 2.11. The van der Waals surface area contributed by atoms with E-state index >= 15 is 0 Å². The van der Waals surface area contributed by atoms with E-state index in [1.165, 1.54) is 0 Å². The minimum Gasteiger partial charge on any atom is -0.450 e. The summed E-state index contributed by atoms with van der Waals surface area (Å²) in [5, 5.41) is 16.8. The van der Waals surface area contributed by atoms with Gasteiger partial charge in [-0.15, -0.1) is 0 Å². The summed E-state index contributed by atoms with van der Waals surface area (Å²) < 4.78 is 52.0. The third-order valence-electron chi connectivity index (χ3n) is 3.66. The predicted octanol–water partition coefficient (Wildman–Crippen LogP) is -0.177. The van der Waals surface area contributed by atoms with E-state index in [0.29, 0.717) is 112 Å². The molecule has 0 aliphatic heterocycles. The van der Waals surface area contributed by atoms with E-state index in [0.717, 1.165) is 0 Å². The van der Waals surface area contributed by atoms with Gasteiger partial charge in [0.1, 0.15) is 6.61 Å². The van der Waals surface area contributed by atoms with Gasteiger partial charge in [-0.3, -0.25) is 0 Å². The second-order valence-corrected chi connectivity index (χ2v) is 6.35. The molecular formula is C21H42O13. The second kappa shape index (κ2) is 29.9. The monoisotopic (exact) mass is 502 g/mol. The van der Waals surface area contributed by atoms with Gasteiger partial charge in [0.05, 0.1) is 126 Å². The Hall–Kier alpha value is -1.13. The fourth-order valence-electron chi connectivity index (χ4n) is 2.11. The lowest BCUT2D eigenvalue weighted by atomic mass is 10.6. The van der Waals surface area contributed by atoms with Crippen molar-refractivity contribution in [2.75, 3.05) is 132 Å². The molecule has 0 radical (unpaired) electrons. The van der Waals surface area contributed by atoms with Crippen molar-refractivity contribution in [1.29, 1.82) is 0 Å². The summed E-state index contributed by atoms with van der Waals surface area (Å²) in [4.78, 5) is 10.1. The molecule has 0 rings (SSSR count). The van der Waals surface area contributed by atoms with E-state index < -0.39 is 6.16 Å². The van der Waals surface area contributed by atoms with Crippen molar-refractivity contribution in [2.24, 2.45) is 0 Å². The molecule has 0 bridgehead atoms. The Bertz CT molecular complexity index is 401. The van der Waals surface area contributed by atoms with Crippen LogP contribution in [0.25, 0.3) is 0 Å². The van der Waals surface area contributed by atoms with Crippen LogP contribution in [0.4, 0.5) is 4.79 Å². The lowest BCUT2D eigenvalue weighted by molar-refractivity contribution is -0.0264. The zero-order valence-electron chi connectivity index (χ0n) is 20.0. The van der Waals surface area contributed by atoms with Gasteiger partial charge in [0, 0.05) is 0 Å². The van der Waals surface area contributed by atoms with Gasteiger partial charge in [-0.25, -0.2) is 4.79 Å². The number of ether oxygens (including phenoxy) is 10. The first kappa shape index (κ1) is 32.9. The second-order valence-electron chi connectivity index (χ2n) is 6.35. The Morgan fingerprint density at radius 2 is 0.588 bits per heavy atom. The molecule has 0 heterocycles. The smallest absolute Gasteiger partial charge is 0.450 e. The Labute approximate surface area is 201 Å². The van der Waals surface area contributed by atoms with E-state index in [4.69, 9.17) is 52.8 Å². The van der Waals surface area contributed by atoms with E-state index in [1.54, 1.807) is 0 Å². The highest BCUT2D eigenvalue weighted by Gasteiger charge is 1.97. The lowest BCUT2D eigenvalue weighted by Gasteiger charge is -2.08. The van der Waals surface area contributed by atoms with Gasteiger partial charge in [-0.1, -0.05) is 0 Å². The highest BCUT2D eigenvalue weighted by Crippen LogP contribution is 1.86. The van der Waals surface area contributed by atoms with Crippen molar-refractivity contribution in [2.45, 2.75) is 0 Å². The summed E-state index contributed by atoms with van der Waals surface area (Å²) in [6.07, 6.45) is -1.31. The number of hydrogen-bond acceptors (Lipinski definition) is 12. The standard InChI is InChI=1S/C21H42O13/c22-1-2-25-3-4-26-5-6-27-7-8-28-9-10-29-11-12-30-13-14-31-15-16-32-17-18-33-19-20-34-21(23)24/h22H,1-20H2,(H,23,24). The van der Waals surface area contributed by atoms with Crippen LogP contribution in [0, 0.1) is 0 Å². The molecule has 0 unspecified atom stereocenters. The minimum absolute atomic E-state index is 0.00931. The summed E-state index contributed by atoms with van der Waals surface area (Å²) in [6.45, 7) is 8.06. The van der Waals surface area contributed by atoms with Crippen molar-refractivity contribution in [3.05, 3.63) is 0 Å².